The van der Waals surface area contributed by atoms with E-state index in [9.17, 15) is 9.59 Å². The lowest BCUT2D eigenvalue weighted by Gasteiger charge is -2.23. The lowest BCUT2D eigenvalue weighted by Crippen LogP contribution is -2.37. The van der Waals surface area contributed by atoms with Gasteiger partial charge in [0.25, 0.3) is 0 Å². The number of hydrogen-bond acceptors (Lipinski definition) is 5. The summed E-state index contributed by atoms with van der Waals surface area (Å²) in [5.74, 6) is 0. The molecule has 1 unspecified atom stereocenters. The lowest BCUT2D eigenvalue weighted by atomic mass is 10.4. The van der Waals surface area contributed by atoms with E-state index in [2.05, 4.69) is 31.2 Å². The number of carbonyl (C=O) groups is 2. The van der Waals surface area contributed by atoms with Crippen molar-refractivity contribution in [3.63, 3.8) is 0 Å². The van der Waals surface area contributed by atoms with Crippen molar-refractivity contribution in [2.75, 3.05) is 47.4 Å². The van der Waals surface area contributed by atoms with Gasteiger partial charge in [-0.25, -0.2) is 9.59 Å². The number of hydrogen-bond donors (Lipinski definition) is 1. The summed E-state index contributed by atoms with van der Waals surface area (Å²) < 4.78 is 15.0. The van der Waals surface area contributed by atoms with Crippen LogP contribution in [-0.4, -0.2) is 70.3 Å². The van der Waals surface area contributed by atoms with Crippen molar-refractivity contribution in [1.29, 1.82) is 0 Å². The molecule has 0 aromatic heterocycles. The van der Waals surface area contributed by atoms with Crippen molar-refractivity contribution in [1.82, 2.24) is 5.32 Å². The Kier molecular flexibility index (Phi) is 5.21. The van der Waals surface area contributed by atoms with E-state index in [0.29, 0.717) is 6.54 Å². The maximum atomic E-state index is 11.3. The molecule has 1 fully saturated rings. The number of alkyl carbamates (subject to hydrolysis) is 1. The van der Waals surface area contributed by atoms with E-state index in [1.54, 1.807) is 0 Å². The van der Waals surface area contributed by atoms with Gasteiger partial charge in [-0.05, 0) is 0 Å². The first kappa shape index (κ1) is 14.6. The minimum atomic E-state index is -0.716. The molecule has 0 radical (unpaired) electrons. The molecule has 0 aliphatic carbocycles. The highest BCUT2D eigenvalue weighted by Gasteiger charge is 2.26. The normalized spacial score (nSPS) is 19.1. The predicted octanol–water partition coefficient (Wildman–Crippen LogP) is 0.344. The average Bonchev–Trinajstić information content (AvgIpc) is 2.66. The second kappa shape index (κ2) is 6.44. The number of amides is 1. The van der Waals surface area contributed by atoms with Crippen molar-refractivity contribution in [2.45, 2.75) is 12.5 Å². The molecule has 0 aromatic rings. The molecule has 1 aliphatic rings. The Bertz CT molecular complexity index is 300. The van der Waals surface area contributed by atoms with Crippen LogP contribution in [0.25, 0.3) is 0 Å². The SMILES string of the molecule is C[N+](C)(C)CCCNC(=O)OCC1COC(=O)O1. The van der Waals surface area contributed by atoms with Crippen molar-refractivity contribution in [2.24, 2.45) is 0 Å². The van der Waals surface area contributed by atoms with Gasteiger partial charge in [-0.15, -0.1) is 0 Å². The maximum Gasteiger partial charge on any atom is 0.508 e. The summed E-state index contributed by atoms with van der Waals surface area (Å²) in [6.45, 7) is 1.68. The Balaban J connectivity index is 2.02. The molecule has 1 atom stereocenters. The molecule has 1 N–H and O–H groups in total. The molecular formula is C11H21N2O5+. The first-order chi connectivity index (χ1) is 8.37. The Labute approximate surface area is 107 Å². The van der Waals surface area contributed by atoms with Gasteiger partial charge >= 0.3 is 12.2 Å². The molecule has 0 spiro atoms. The van der Waals surface area contributed by atoms with E-state index >= 15 is 0 Å². The number of rotatable bonds is 6. The summed E-state index contributed by atoms with van der Waals surface area (Å²) in [5.41, 5.74) is 0. The van der Waals surface area contributed by atoms with Crippen LogP contribution in [0.15, 0.2) is 0 Å². The van der Waals surface area contributed by atoms with E-state index in [1.165, 1.54) is 0 Å². The summed E-state index contributed by atoms with van der Waals surface area (Å²) in [5, 5.41) is 2.64. The molecule has 0 saturated carbocycles. The fourth-order valence-corrected chi connectivity index (χ4v) is 1.41. The van der Waals surface area contributed by atoms with Crippen molar-refractivity contribution >= 4 is 12.2 Å². The van der Waals surface area contributed by atoms with Crippen LogP contribution in [-0.2, 0) is 14.2 Å². The van der Waals surface area contributed by atoms with Crippen LogP contribution in [0.5, 0.6) is 0 Å². The van der Waals surface area contributed by atoms with Gasteiger partial charge in [-0.1, -0.05) is 0 Å². The molecule has 7 heteroatoms. The monoisotopic (exact) mass is 261 g/mol. The molecule has 1 amide bonds. The smallest absolute Gasteiger partial charge is 0.445 e. The molecule has 0 bridgehead atoms. The number of carbonyl (C=O) groups excluding carboxylic acids is 2. The van der Waals surface area contributed by atoms with Gasteiger partial charge in [0.05, 0.1) is 27.7 Å². The topological polar surface area (TPSA) is 73.9 Å². The largest absolute Gasteiger partial charge is 0.508 e. The highest BCUT2D eigenvalue weighted by atomic mass is 16.8. The molecule has 1 heterocycles. The minimum Gasteiger partial charge on any atom is -0.445 e. The first-order valence-corrected chi connectivity index (χ1v) is 5.91. The fraction of sp³-hybridized carbons (Fsp3) is 0.818. The van der Waals surface area contributed by atoms with Gasteiger partial charge in [0.1, 0.15) is 13.2 Å². The second-order valence-electron chi connectivity index (χ2n) is 5.19. The van der Waals surface area contributed by atoms with Gasteiger partial charge in [-0.2, -0.15) is 0 Å². The molecule has 104 valence electrons. The van der Waals surface area contributed by atoms with E-state index in [1.807, 2.05) is 0 Å². The van der Waals surface area contributed by atoms with Crippen LogP contribution in [0.3, 0.4) is 0 Å². The van der Waals surface area contributed by atoms with E-state index in [4.69, 9.17) is 9.47 Å². The zero-order valence-electron chi connectivity index (χ0n) is 11.1. The molecule has 0 aromatic carbocycles. The number of ether oxygens (including phenoxy) is 3. The molecule has 18 heavy (non-hydrogen) atoms. The van der Waals surface area contributed by atoms with Gasteiger partial charge in [0.15, 0.2) is 6.10 Å². The maximum absolute atomic E-state index is 11.3. The van der Waals surface area contributed by atoms with Crippen LogP contribution in [0.2, 0.25) is 0 Å². The summed E-state index contributed by atoms with van der Waals surface area (Å²) in [6, 6.07) is 0. The van der Waals surface area contributed by atoms with Gasteiger partial charge < -0.3 is 24.0 Å². The molecule has 1 saturated heterocycles. The third-order valence-corrected chi connectivity index (χ3v) is 2.33. The molecular weight excluding hydrogens is 240 g/mol. The number of cyclic esters (lactones) is 2. The quantitative estimate of drug-likeness (QED) is 0.424. The lowest BCUT2D eigenvalue weighted by molar-refractivity contribution is -0.870. The Morgan fingerprint density at radius 3 is 2.78 bits per heavy atom. The van der Waals surface area contributed by atoms with Crippen molar-refractivity contribution in [3.8, 4) is 0 Å². The summed E-state index contributed by atoms with van der Waals surface area (Å²) in [6.07, 6.45) is -0.832. The highest BCUT2D eigenvalue weighted by Crippen LogP contribution is 2.06. The number of nitrogens with zero attached hydrogens (tertiary/aromatic N) is 1. The van der Waals surface area contributed by atoms with Gasteiger partial charge in [0.2, 0.25) is 0 Å². The van der Waals surface area contributed by atoms with Crippen LogP contribution in [0.1, 0.15) is 6.42 Å². The standard InChI is InChI=1S/C11H20N2O5/c1-13(2,3)6-4-5-12-10(14)16-7-9-8-17-11(15)18-9/h9H,4-8H2,1-3H3/p+1. The van der Waals surface area contributed by atoms with Crippen molar-refractivity contribution in [3.05, 3.63) is 0 Å². The number of quaternary nitrogens is 1. The minimum absolute atomic E-state index is 0.0207. The fourth-order valence-electron chi connectivity index (χ4n) is 1.41. The zero-order chi connectivity index (χ0) is 13.6. The van der Waals surface area contributed by atoms with E-state index in [0.717, 1.165) is 17.4 Å². The highest BCUT2D eigenvalue weighted by molar-refractivity contribution is 5.67. The van der Waals surface area contributed by atoms with Crippen LogP contribution in [0.4, 0.5) is 9.59 Å². The molecule has 7 nitrogen and oxygen atoms in total. The molecule has 1 rings (SSSR count). The van der Waals surface area contributed by atoms with Gasteiger partial charge in [0, 0.05) is 13.0 Å². The molecule has 1 aliphatic heterocycles. The first-order valence-electron chi connectivity index (χ1n) is 5.91. The van der Waals surface area contributed by atoms with Crippen LogP contribution < -0.4 is 5.32 Å². The Morgan fingerprint density at radius 2 is 2.22 bits per heavy atom. The summed E-state index contributed by atoms with van der Waals surface area (Å²) in [4.78, 5) is 21.9. The van der Waals surface area contributed by atoms with E-state index in [-0.39, 0.29) is 13.2 Å². The zero-order valence-corrected chi connectivity index (χ0v) is 11.1. The second-order valence-corrected chi connectivity index (χ2v) is 5.19. The summed E-state index contributed by atoms with van der Waals surface area (Å²) >= 11 is 0. The van der Waals surface area contributed by atoms with Gasteiger partial charge in [-0.3, -0.25) is 0 Å². The van der Waals surface area contributed by atoms with E-state index < -0.39 is 18.4 Å². The third kappa shape index (κ3) is 6.29. The predicted molar refractivity (Wildman–Crippen MR) is 63.1 cm³/mol. The number of nitrogens with one attached hydrogen (secondary N) is 1. The van der Waals surface area contributed by atoms with Crippen LogP contribution in [0, 0.1) is 0 Å². The average molecular weight is 261 g/mol. The summed E-state index contributed by atoms with van der Waals surface area (Å²) in [7, 11) is 6.27. The third-order valence-electron chi connectivity index (χ3n) is 2.33. The van der Waals surface area contributed by atoms with Crippen molar-refractivity contribution < 1.29 is 28.3 Å². The van der Waals surface area contributed by atoms with Crippen LogP contribution >= 0.6 is 0 Å². The Hall–Kier alpha value is -1.50. The Morgan fingerprint density at radius 1 is 1.50 bits per heavy atom.